The van der Waals surface area contributed by atoms with E-state index in [-0.39, 0.29) is 32.7 Å². The predicted molar refractivity (Wildman–Crippen MR) is 218 cm³/mol. The summed E-state index contributed by atoms with van der Waals surface area (Å²) >= 11 is 0. The van der Waals surface area contributed by atoms with Gasteiger partial charge in [0, 0.05) is 16.3 Å². The summed E-state index contributed by atoms with van der Waals surface area (Å²) in [7, 11) is 0. The molecular formula is C50H30O. The van der Waals surface area contributed by atoms with Gasteiger partial charge in [-0.1, -0.05) is 169 Å². The van der Waals surface area contributed by atoms with Gasteiger partial charge in [-0.3, -0.25) is 0 Å². The first-order valence-corrected chi connectivity index (χ1v) is 16.4. The van der Waals surface area contributed by atoms with Gasteiger partial charge in [-0.2, -0.15) is 0 Å². The van der Waals surface area contributed by atoms with Crippen molar-refractivity contribution in [1.82, 2.24) is 0 Å². The zero-order valence-corrected chi connectivity index (χ0v) is 26.6. The minimum absolute atomic E-state index is 0.0299. The summed E-state index contributed by atoms with van der Waals surface area (Å²) in [6.45, 7) is 0. The lowest BCUT2D eigenvalue weighted by Crippen LogP contribution is -1.92. The molecule has 51 heavy (non-hydrogen) atoms. The SMILES string of the molecule is [2H]c1c([2H])c([2H])c2c(-c3c4c([2H])c([2H])c([2H])c([2H])c4c(-c4ccc5c(-c6cccc7c6oc6ccc8ccccc8c67)cccc5c4)c4c([2H])c([2H])c([2H])c([2H])c34)c([2H])c([2H])c([2H])c2c1[2H]. The Balaban J connectivity index is 1.29. The fourth-order valence-corrected chi connectivity index (χ4v) is 7.62. The maximum Gasteiger partial charge on any atom is 0.143 e. The molecule has 1 heteroatoms. The number of fused-ring (bicyclic) bond motifs is 9. The second-order valence-corrected chi connectivity index (χ2v) is 12.4. The lowest BCUT2D eigenvalue weighted by atomic mass is 9.84. The molecule has 0 saturated carbocycles. The highest BCUT2D eigenvalue weighted by Crippen LogP contribution is 2.46. The smallest absolute Gasteiger partial charge is 0.143 e. The molecule has 0 amide bonds. The highest BCUT2D eigenvalue weighted by Gasteiger charge is 2.19. The van der Waals surface area contributed by atoms with Crippen LogP contribution in [-0.4, -0.2) is 0 Å². The van der Waals surface area contributed by atoms with Crippen LogP contribution in [0.15, 0.2) is 186 Å². The molecule has 0 radical (unpaired) electrons. The van der Waals surface area contributed by atoms with Crippen LogP contribution in [0.4, 0.5) is 0 Å². The zero-order chi connectivity index (χ0) is 46.5. The van der Waals surface area contributed by atoms with Gasteiger partial charge in [0.2, 0.25) is 0 Å². The van der Waals surface area contributed by atoms with Gasteiger partial charge in [-0.15, -0.1) is 0 Å². The van der Waals surface area contributed by atoms with Crippen LogP contribution in [0.5, 0.6) is 0 Å². The quantitative estimate of drug-likeness (QED) is 0.172. The second-order valence-electron chi connectivity index (χ2n) is 12.4. The Morgan fingerprint density at radius 1 is 0.373 bits per heavy atom. The summed E-state index contributed by atoms with van der Waals surface area (Å²) in [4.78, 5) is 0. The molecule has 0 aliphatic carbocycles. The van der Waals surface area contributed by atoms with Crippen molar-refractivity contribution in [2.45, 2.75) is 0 Å². The largest absolute Gasteiger partial charge is 0.455 e. The van der Waals surface area contributed by atoms with E-state index >= 15 is 0 Å². The van der Waals surface area contributed by atoms with E-state index in [2.05, 4.69) is 12.1 Å². The third kappa shape index (κ3) is 4.16. The van der Waals surface area contributed by atoms with E-state index in [9.17, 15) is 6.85 Å². The van der Waals surface area contributed by atoms with E-state index in [1.807, 2.05) is 66.7 Å². The van der Waals surface area contributed by atoms with Crippen molar-refractivity contribution in [3.63, 3.8) is 0 Å². The molecular weight excluding hydrogens is 617 g/mol. The molecule has 11 aromatic rings. The van der Waals surface area contributed by atoms with Gasteiger partial charge < -0.3 is 4.42 Å². The number of benzene rings is 10. The first-order chi connectivity index (χ1) is 31.5. The van der Waals surface area contributed by atoms with Crippen LogP contribution in [0.2, 0.25) is 0 Å². The molecule has 1 nitrogen and oxygen atoms in total. The summed E-state index contributed by atoms with van der Waals surface area (Å²) in [5.41, 5.74) is 2.61. The van der Waals surface area contributed by atoms with E-state index < -0.39 is 107 Å². The van der Waals surface area contributed by atoms with Crippen LogP contribution in [0.1, 0.15) is 20.6 Å². The Kier molecular flexibility index (Phi) is 3.70. The Morgan fingerprint density at radius 3 is 1.84 bits per heavy atom. The van der Waals surface area contributed by atoms with Crippen molar-refractivity contribution in [1.29, 1.82) is 0 Å². The van der Waals surface area contributed by atoms with Crippen molar-refractivity contribution in [2.24, 2.45) is 0 Å². The molecule has 0 aliphatic rings. The minimum atomic E-state index is -0.758. The maximum absolute atomic E-state index is 9.46. The standard InChI is InChI=1S/C50H30O/c1-3-16-35-31(12-1)14-9-23-39(35)48-42-20-7-5-18-40(42)47(41-19-6-8-21-43(41)48)34-26-28-36-33(30-34)15-10-22-38(36)44-24-11-25-45-49-37-17-4-2-13-32(37)27-29-46(49)51-50(44)45/h1-30H/i1D,3D,5D,6D,7D,8D,9D,12D,14D,16D,18D,19D,20D,21D,23D. The average molecular weight is 662 g/mol. The molecule has 10 aromatic carbocycles. The van der Waals surface area contributed by atoms with Gasteiger partial charge in [0.1, 0.15) is 11.2 Å². The second kappa shape index (κ2) is 10.9. The van der Waals surface area contributed by atoms with Crippen LogP contribution in [-0.2, 0) is 0 Å². The Morgan fingerprint density at radius 2 is 1.02 bits per heavy atom. The van der Waals surface area contributed by atoms with E-state index in [0.717, 1.165) is 43.6 Å². The van der Waals surface area contributed by atoms with Crippen molar-refractivity contribution in [3.8, 4) is 33.4 Å². The monoisotopic (exact) mass is 661 g/mol. The fraction of sp³-hybridized carbons (Fsp3) is 0. The normalized spacial score (nSPS) is 16.0. The summed E-state index contributed by atoms with van der Waals surface area (Å²) in [5.74, 6) is 0. The Labute approximate surface area is 315 Å². The van der Waals surface area contributed by atoms with Crippen LogP contribution >= 0.6 is 0 Å². The third-order valence-electron chi connectivity index (χ3n) is 9.78. The first kappa shape index (κ1) is 17.3. The lowest BCUT2D eigenvalue weighted by molar-refractivity contribution is 0.670. The summed E-state index contributed by atoms with van der Waals surface area (Å²) in [6, 6.07) is 18.9. The van der Waals surface area contributed by atoms with Crippen LogP contribution in [0, 0.1) is 0 Å². The molecule has 0 N–H and O–H groups in total. The van der Waals surface area contributed by atoms with Gasteiger partial charge in [-0.25, -0.2) is 0 Å². The number of hydrogen-bond acceptors (Lipinski definition) is 1. The molecule has 1 aromatic heterocycles. The number of furan rings is 1. The Hall–Kier alpha value is -6.70. The van der Waals surface area contributed by atoms with E-state index in [4.69, 9.17) is 18.1 Å². The highest BCUT2D eigenvalue weighted by atomic mass is 16.3. The topological polar surface area (TPSA) is 13.1 Å². The van der Waals surface area contributed by atoms with Crippen molar-refractivity contribution < 1.29 is 25.0 Å². The molecule has 0 aliphatic heterocycles. The van der Waals surface area contributed by atoms with Crippen LogP contribution in [0.3, 0.4) is 0 Å². The van der Waals surface area contributed by atoms with Crippen LogP contribution in [0.25, 0.3) is 109 Å². The molecule has 0 fully saturated rings. The third-order valence-corrected chi connectivity index (χ3v) is 9.78. The van der Waals surface area contributed by atoms with Gasteiger partial charge in [0.25, 0.3) is 0 Å². The van der Waals surface area contributed by atoms with Crippen molar-refractivity contribution in [3.05, 3.63) is 182 Å². The predicted octanol–water partition coefficient (Wildman–Crippen LogP) is 14.4. The molecule has 0 unspecified atom stereocenters. The molecule has 236 valence electrons. The molecule has 0 saturated heterocycles. The lowest BCUT2D eigenvalue weighted by Gasteiger charge is -2.19. The van der Waals surface area contributed by atoms with Gasteiger partial charge in [0.15, 0.2) is 0 Å². The molecule has 11 rings (SSSR count). The highest BCUT2D eigenvalue weighted by molar-refractivity contribution is 6.24. The summed E-state index contributed by atoms with van der Waals surface area (Å²) in [6.07, 6.45) is 0. The number of hydrogen-bond donors (Lipinski definition) is 0. The first-order valence-electron chi connectivity index (χ1n) is 23.9. The summed E-state index contributed by atoms with van der Waals surface area (Å²) in [5, 5.41) is 3.71. The Bertz CT molecular complexity index is 3970. The van der Waals surface area contributed by atoms with Gasteiger partial charge in [-0.05, 0) is 93.8 Å². The minimum Gasteiger partial charge on any atom is -0.455 e. The molecule has 0 spiro atoms. The van der Waals surface area contributed by atoms with E-state index in [1.165, 1.54) is 0 Å². The molecule has 0 atom stereocenters. The molecule has 1 heterocycles. The number of para-hydroxylation sites is 1. The van der Waals surface area contributed by atoms with Gasteiger partial charge in [0.05, 0.1) is 20.6 Å². The average Bonchev–Trinajstić information content (AvgIpc) is 3.72. The van der Waals surface area contributed by atoms with Crippen LogP contribution < -0.4 is 0 Å². The van der Waals surface area contributed by atoms with Crippen molar-refractivity contribution in [2.75, 3.05) is 0 Å². The fourth-order valence-electron chi connectivity index (χ4n) is 7.62. The zero-order valence-electron chi connectivity index (χ0n) is 41.6. The number of rotatable bonds is 3. The van der Waals surface area contributed by atoms with Gasteiger partial charge >= 0.3 is 0 Å². The molecule has 0 bridgehead atoms. The maximum atomic E-state index is 9.46. The van der Waals surface area contributed by atoms with E-state index in [0.29, 0.717) is 16.5 Å². The van der Waals surface area contributed by atoms with Crippen molar-refractivity contribution >= 4 is 75.8 Å². The summed E-state index contributed by atoms with van der Waals surface area (Å²) < 4.78 is 142. The van der Waals surface area contributed by atoms with E-state index in [1.54, 1.807) is 12.1 Å².